The number of ether oxygens (including phenoxy) is 2. The van der Waals surface area contributed by atoms with E-state index in [1.165, 1.54) is 7.05 Å². The van der Waals surface area contributed by atoms with Crippen LogP contribution in [0, 0.1) is 5.92 Å². The van der Waals surface area contributed by atoms with E-state index in [9.17, 15) is 19.2 Å². The normalized spacial score (nSPS) is 11.7. The van der Waals surface area contributed by atoms with E-state index in [2.05, 4.69) is 10.6 Å². The molecule has 3 aromatic rings. The monoisotopic (exact) mass is 613 g/mol. The lowest BCUT2D eigenvalue weighted by atomic mass is 10.0. The Morgan fingerprint density at radius 2 is 1.45 bits per heavy atom. The van der Waals surface area contributed by atoms with Gasteiger partial charge in [-0.25, -0.2) is 4.79 Å². The first-order chi connectivity index (χ1) is 19.8. The second-order valence-corrected chi connectivity index (χ2v) is 11.3. The minimum atomic E-state index is -1.45. The third-order valence-corrected chi connectivity index (χ3v) is 6.41. The highest BCUT2D eigenvalue weighted by Crippen LogP contribution is 2.36. The van der Waals surface area contributed by atoms with Gasteiger partial charge in [-0.15, -0.1) is 0 Å². The van der Waals surface area contributed by atoms with E-state index in [0.717, 1.165) is 21.6 Å². The van der Waals surface area contributed by atoms with Gasteiger partial charge in [-0.05, 0) is 49.6 Å². The van der Waals surface area contributed by atoms with Gasteiger partial charge in [0.1, 0.15) is 18.8 Å². The van der Waals surface area contributed by atoms with Crippen molar-refractivity contribution in [2.75, 3.05) is 25.5 Å². The Balaban J connectivity index is 1.74. The third kappa shape index (κ3) is 9.78. The maximum atomic E-state index is 13.4. The average molecular weight is 615 g/mol. The number of rotatable bonds is 10. The van der Waals surface area contributed by atoms with Crippen molar-refractivity contribution in [3.05, 3.63) is 88.4 Å². The Kier molecular flexibility index (Phi) is 11.4. The summed E-state index contributed by atoms with van der Waals surface area (Å²) in [5.41, 5.74) is 1.70. The number of anilines is 1. The summed E-state index contributed by atoms with van der Waals surface area (Å²) in [6.07, 6.45) is -0.697. The zero-order chi connectivity index (χ0) is 30.9. The Morgan fingerprint density at radius 1 is 0.881 bits per heavy atom. The van der Waals surface area contributed by atoms with E-state index in [-0.39, 0.29) is 28.9 Å². The molecule has 0 aliphatic heterocycles. The fourth-order valence-electron chi connectivity index (χ4n) is 3.70. The number of likely N-dealkylation sites (N-methyl/N-ethyl adjacent to an activating group) is 1. The van der Waals surface area contributed by atoms with Gasteiger partial charge in [-0.3, -0.25) is 14.4 Å². The molecule has 0 spiro atoms. The van der Waals surface area contributed by atoms with Gasteiger partial charge in [0, 0.05) is 13.6 Å². The van der Waals surface area contributed by atoms with Crippen molar-refractivity contribution in [3.8, 4) is 11.1 Å². The van der Waals surface area contributed by atoms with Gasteiger partial charge >= 0.3 is 12.1 Å². The Bertz CT molecular complexity index is 1390. The molecule has 42 heavy (non-hydrogen) atoms. The second-order valence-electron chi connectivity index (χ2n) is 10.5. The Morgan fingerprint density at radius 3 is 2.02 bits per heavy atom. The molecule has 9 nitrogen and oxygen atoms in total. The Hall–Kier alpha value is -4.08. The van der Waals surface area contributed by atoms with E-state index in [1.807, 2.05) is 36.4 Å². The fraction of sp³-hybridized carbons (Fsp3) is 0.290. The zero-order valence-electron chi connectivity index (χ0n) is 23.8. The molecule has 0 aliphatic carbocycles. The zero-order valence-corrected chi connectivity index (χ0v) is 25.3. The van der Waals surface area contributed by atoms with Crippen molar-refractivity contribution in [1.82, 2.24) is 10.2 Å². The molecule has 1 atom stereocenters. The number of nitrogens with one attached hydrogen (secondary N) is 2. The molecule has 0 heterocycles. The van der Waals surface area contributed by atoms with Crippen molar-refractivity contribution in [1.29, 1.82) is 0 Å². The molecule has 0 fully saturated rings. The summed E-state index contributed by atoms with van der Waals surface area (Å²) in [6, 6.07) is 21.6. The van der Waals surface area contributed by atoms with E-state index < -0.39 is 41.9 Å². The molecule has 0 saturated heterocycles. The highest BCUT2D eigenvalue weighted by molar-refractivity contribution is 6.40. The number of amides is 3. The van der Waals surface area contributed by atoms with Crippen molar-refractivity contribution >= 4 is 52.8 Å². The van der Waals surface area contributed by atoms with Crippen LogP contribution in [0.25, 0.3) is 11.1 Å². The van der Waals surface area contributed by atoms with Crippen LogP contribution in [0.2, 0.25) is 10.0 Å². The highest BCUT2D eigenvalue weighted by Gasteiger charge is 2.31. The maximum absolute atomic E-state index is 13.4. The average Bonchev–Trinajstić information content (AvgIpc) is 2.94. The second kappa shape index (κ2) is 14.7. The van der Waals surface area contributed by atoms with Crippen LogP contribution in [0.4, 0.5) is 10.5 Å². The van der Waals surface area contributed by atoms with Crippen LogP contribution in [0.1, 0.15) is 26.3 Å². The number of hydrogen-bond acceptors (Lipinski definition) is 6. The predicted octanol–water partition coefficient (Wildman–Crippen LogP) is 5.94. The van der Waals surface area contributed by atoms with Crippen molar-refractivity contribution in [3.63, 3.8) is 0 Å². The lowest BCUT2D eigenvalue weighted by Gasteiger charge is -2.24. The SMILES string of the molecule is CN(CC(=O)NC[C@@H](C(=O)Nc1c(Cl)cc(-c2ccccc2)cc1Cl)C(=O)OCc1ccccc1)C(=O)OC(C)(C)C. The first kappa shape index (κ1) is 32.4. The summed E-state index contributed by atoms with van der Waals surface area (Å²) in [7, 11) is 1.40. The number of esters is 1. The first-order valence-electron chi connectivity index (χ1n) is 13.1. The molecule has 3 rings (SSSR count). The number of hydrogen-bond donors (Lipinski definition) is 2. The van der Waals surface area contributed by atoms with Gasteiger partial charge in [-0.2, -0.15) is 0 Å². The highest BCUT2D eigenvalue weighted by atomic mass is 35.5. The molecule has 0 aromatic heterocycles. The van der Waals surface area contributed by atoms with Crippen LogP contribution in [0.15, 0.2) is 72.8 Å². The minimum absolute atomic E-state index is 0.0773. The summed E-state index contributed by atoms with van der Waals surface area (Å²) >= 11 is 13.0. The number of benzene rings is 3. The van der Waals surface area contributed by atoms with Gasteiger partial charge in [-0.1, -0.05) is 83.9 Å². The van der Waals surface area contributed by atoms with Crippen molar-refractivity contribution in [2.45, 2.75) is 33.0 Å². The van der Waals surface area contributed by atoms with Crippen LogP contribution in [-0.4, -0.2) is 54.5 Å². The predicted molar refractivity (Wildman–Crippen MR) is 162 cm³/mol. The lowest BCUT2D eigenvalue weighted by Crippen LogP contribution is -2.45. The van der Waals surface area contributed by atoms with Gasteiger partial charge in [0.2, 0.25) is 11.8 Å². The van der Waals surface area contributed by atoms with Crippen molar-refractivity contribution in [2.24, 2.45) is 5.92 Å². The van der Waals surface area contributed by atoms with E-state index >= 15 is 0 Å². The van der Waals surface area contributed by atoms with Gasteiger partial charge < -0.3 is 25.0 Å². The molecule has 3 amide bonds. The number of carbonyl (C=O) groups excluding carboxylic acids is 4. The van der Waals surface area contributed by atoms with Crippen LogP contribution < -0.4 is 10.6 Å². The number of carbonyl (C=O) groups is 4. The quantitative estimate of drug-likeness (QED) is 0.216. The summed E-state index contributed by atoms with van der Waals surface area (Å²) in [6.45, 7) is 4.27. The van der Waals surface area contributed by atoms with E-state index in [0.29, 0.717) is 0 Å². The van der Waals surface area contributed by atoms with Gasteiger partial charge in [0.25, 0.3) is 0 Å². The fourth-order valence-corrected chi connectivity index (χ4v) is 4.29. The summed E-state index contributed by atoms with van der Waals surface area (Å²) in [5.74, 6) is -3.72. The molecular formula is C31H33Cl2N3O6. The number of nitrogens with zero attached hydrogens (tertiary/aromatic N) is 1. The topological polar surface area (TPSA) is 114 Å². The smallest absolute Gasteiger partial charge is 0.410 e. The molecule has 0 bridgehead atoms. The minimum Gasteiger partial charge on any atom is -0.460 e. The van der Waals surface area contributed by atoms with Crippen molar-refractivity contribution < 1.29 is 28.7 Å². The van der Waals surface area contributed by atoms with Gasteiger partial charge in [0.15, 0.2) is 5.92 Å². The van der Waals surface area contributed by atoms with Gasteiger partial charge in [0.05, 0.1) is 15.7 Å². The maximum Gasteiger partial charge on any atom is 0.410 e. The van der Waals surface area contributed by atoms with Crippen LogP contribution in [0.5, 0.6) is 0 Å². The number of halogens is 2. The molecule has 0 radical (unpaired) electrons. The van der Waals surface area contributed by atoms with E-state index in [4.69, 9.17) is 32.7 Å². The van der Waals surface area contributed by atoms with Crippen LogP contribution in [-0.2, 0) is 30.5 Å². The first-order valence-corrected chi connectivity index (χ1v) is 13.9. The lowest BCUT2D eigenvalue weighted by molar-refractivity contribution is -0.152. The molecule has 2 N–H and O–H groups in total. The molecule has 3 aromatic carbocycles. The van der Waals surface area contributed by atoms with E-state index in [1.54, 1.807) is 57.2 Å². The summed E-state index contributed by atoms with van der Waals surface area (Å²) in [4.78, 5) is 52.3. The standard InChI is InChI=1S/C31H33Cl2N3O6/c1-31(2,3)42-30(40)36(4)18-26(37)34-17-23(29(39)41-19-20-11-7-5-8-12-20)28(38)35-27-24(32)15-22(16-25(27)33)21-13-9-6-10-14-21/h5-16,23H,17-19H2,1-4H3,(H,34,37)(H,35,38)/t23-/m0/s1. The largest absolute Gasteiger partial charge is 0.460 e. The molecule has 0 saturated carbocycles. The molecule has 0 aliphatic rings. The summed E-state index contributed by atoms with van der Waals surface area (Å²) in [5, 5.41) is 5.45. The molecule has 0 unspecified atom stereocenters. The molecule has 222 valence electrons. The molecule has 11 heteroatoms. The molecular weight excluding hydrogens is 581 g/mol. The third-order valence-electron chi connectivity index (χ3n) is 5.81. The van der Waals surface area contributed by atoms with Crippen LogP contribution >= 0.6 is 23.2 Å². The Labute approximate surface area is 255 Å². The van der Waals surface area contributed by atoms with Crippen LogP contribution in [0.3, 0.4) is 0 Å². The summed E-state index contributed by atoms with van der Waals surface area (Å²) < 4.78 is 10.6.